The molecule has 166 valence electrons. The molecule has 1 aromatic rings. The van der Waals surface area contributed by atoms with Gasteiger partial charge in [-0.1, -0.05) is 18.2 Å². The van der Waals surface area contributed by atoms with E-state index in [0.717, 1.165) is 18.5 Å². The Bertz CT molecular complexity index is 802. The number of amides is 3. The van der Waals surface area contributed by atoms with Crippen LogP contribution in [0.3, 0.4) is 0 Å². The van der Waals surface area contributed by atoms with Gasteiger partial charge in [-0.3, -0.25) is 14.4 Å². The highest BCUT2D eigenvalue weighted by Crippen LogP contribution is 2.21. The first kappa shape index (κ1) is 22.8. The molecule has 0 saturated carbocycles. The highest BCUT2D eigenvalue weighted by Gasteiger charge is 2.32. The van der Waals surface area contributed by atoms with E-state index in [2.05, 4.69) is 6.07 Å². The molecule has 2 saturated heterocycles. The first-order valence-electron chi connectivity index (χ1n) is 11.0. The molecule has 2 heterocycles. The first-order chi connectivity index (χ1) is 15.1. The van der Waals surface area contributed by atoms with E-state index in [0.29, 0.717) is 45.9 Å². The molecule has 31 heavy (non-hydrogen) atoms. The van der Waals surface area contributed by atoms with Crippen LogP contribution in [-0.2, 0) is 19.1 Å². The van der Waals surface area contributed by atoms with E-state index in [9.17, 15) is 14.4 Å². The minimum atomic E-state index is -0.178. The lowest BCUT2D eigenvalue weighted by atomic mass is 9.96. The van der Waals surface area contributed by atoms with Crippen LogP contribution in [0.4, 0.5) is 5.69 Å². The highest BCUT2D eigenvalue weighted by atomic mass is 16.5. The number of benzene rings is 1. The van der Waals surface area contributed by atoms with Crippen LogP contribution in [0.15, 0.2) is 30.3 Å². The van der Waals surface area contributed by atoms with Crippen LogP contribution in [0.5, 0.6) is 0 Å². The van der Waals surface area contributed by atoms with Crippen molar-refractivity contribution < 1.29 is 19.1 Å². The van der Waals surface area contributed by atoms with Gasteiger partial charge < -0.3 is 19.4 Å². The van der Waals surface area contributed by atoms with Gasteiger partial charge in [-0.15, -0.1) is 0 Å². The molecule has 2 aliphatic heterocycles. The van der Waals surface area contributed by atoms with Gasteiger partial charge in [-0.25, -0.2) is 0 Å². The molecule has 0 aliphatic carbocycles. The fourth-order valence-corrected chi connectivity index (χ4v) is 4.12. The predicted molar refractivity (Wildman–Crippen MR) is 115 cm³/mol. The smallest absolute Gasteiger partial charge is 0.227 e. The van der Waals surface area contributed by atoms with Gasteiger partial charge in [0, 0.05) is 51.3 Å². The monoisotopic (exact) mass is 426 g/mol. The summed E-state index contributed by atoms with van der Waals surface area (Å²) in [6, 6.07) is 11.3. The summed E-state index contributed by atoms with van der Waals surface area (Å²) in [4.78, 5) is 43.5. The summed E-state index contributed by atoms with van der Waals surface area (Å²) < 4.78 is 5.31. The normalized spacial score (nSPS) is 18.9. The quantitative estimate of drug-likeness (QED) is 0.663. The van der Waals surface area contributed by atoms with E-state index in [-0.39, 0.29) is 42.9 Å². The van der Waals surface area contributed by atoms with Crippen molar-refractivity contribution in [2.24, 2.45) is 5.92 Å². The number of nitrogens with zero attached hydrogens (tertiary/aromatic N) is 4. The van der Waals surface area contributed by atoms with Crippen molar-refractivity contribution in [1.82, 2.24) is 9.80 Å². The Hall–Kier alpha value is -2.92. The lowest BCUT2D eigenvalue weighted by Crippen LogP contribution is -2.49. The van der Waals surface area contributed by atoms with E-state index in [1.807, 2.05) is 35.2 Å². The van der Waals surface area contributed by atoms with Crippen molar-refractivity contribution in [3.05, 3.63) is 30.3 Å². The molecule has 0 aromatic heterocycles. The summed E-state index contributed by atoms with van der Waals surface area (Å²) in [5, 5.41) is 8.91. The average molecular weight is 427 g/mol. The number of morpholine rings is 1. The largest absolute Gasteiger partial charge is 0.378 e. The number of nitriles is 1. The van der Waals surface area contributed by atoms with Gasteiger partial charge in [0.15, 0.2) is 0 Å². The third-order valence-electron chi connectivity index (χ3n) is 5.81. The number of anilines is 1. The topological polar surface area (TPSA) is 93.9 Å². The van der Waals surface area contributed by atoms with E-state index in [1.54, 1.807) is 9.80 Å². The molecule has 8 nitrogen and oxygen atoms in total. The molecule has 2 aliphatic rings. The molecule has 0 spiro atoms. The predicted octanol–water partition coefficient (Wildman–Crippen LogP) is 1.81. The standard InChI is InChI=1S/C23H30N4O4/c24-11-5-13-27(20-7-2-1-3-8-20)22(29)10-9-21(28)26-12-4-6-19(18-26)23(30)25-14-16-31-17-15-25/h1-3,7-8,19H,4-6,9-10,12-18H2. The van der Waals surface area contributed by atoms with Gasteiger partial charge in [0.05, 0.1) is 31.6 Å². The summed E-state index contributed by atoms with van der Waals surface area (Å²) in [5.74, 6) is -0.347. The fourth-order valence-electron chi connectivity index (χ4n) is 4.12. The van der Waals surface area contributed by atoms with Crippen LogP contribution in [0.2, 0.25) is 0 Å². The Labute approximate surface area is 183 Å². The van der Waals surface area contributed by atoms with E-state index < -0.39 is 0 Å². The van der Waals surface area contributed by atoms with Crippen LogP contribution >= 0.6 is 0 Å². The first-order valence-corrected chi connectivity index (χ1v) is 11.0. The maximum absolute atomic E-state index is 12.8. The number of ether oxygens (including phenoxy) is 1. The van der Waals surface area contributed by atoms with Crippen molar-refractivity contribution in [2.75, 3.05) is 50.8 Å². The number of rotatable bonds is 7. The number of carbonyl (C=O) groups is 3. The maximum atomic E-state index is 12.8. The molecule has 2 fully saturated rings. The van der Waals surface area contributed by atoms with Crippen LogP contribution in [-0.4, -0.2) is 73.5 Å². The Morgan fingerprint density at radius 2 is 1.81 bits per heavy atom. The second-order valence-electron chi connectivity index (χ2n) is 7.91. The van der Waals surface area contributed by atoms with Gasteiger partial charge in [0.25, 0.3) is 0 Å². The van der Waals surface area contributed by atoms with Crippen LogP contribution in [0.25, 0.3) is 0 Å². The van der Waals surface area contributed by atoms with Crippen LogP contribution in [0, 0.1) is 17.2 Å². The molecular formula is C23H30N4O4. The average Bonchev–Trinajstić information content (AvgIpc) is 2.83. The van der Waals surface area contributed by atoms with E-state index in [4.69, 9.17) is 10.00 Å². The van der Waals surface area contributed by atoms with Gasteiger partial charge in [-0.2, -0.15) is 5.26 Å². The third-order valence-corrected chi connectivity index (χ3v) is 5.81. The van der Waals surface area contributed by atoms with Gasteiger partial charge in [-0.05, 0) is 25.0 Å². The molecule has 1 atom stereocenters. The summed E-state index contributed by atoms with van der Waals surface area (Å²) in [7, 11) is 0. The molecule has 0 bridgehead atoms. The third kappa shape index (κ3) is 6.28. The minimum absolute atomic E-state index is 0.0811. The van der Waals surface area contributed by atoms with Gasteiger partial charge >= 0.3 is 0 Å². The van der Waals surface area contributed by atoms with E-state index in [1.165, 1.54) is 0 Å². The number of carbonyl (C=O) groups excluding carboxylic acids is 3. The Morgan fingerprint density at radius 1 is 1.06 bits per heavy atom. The van der Waals surface area contributed by atoms with Crippen molar-refractivity contribution in [1.29, 1.82) is 5.26 Å². The zero-order valence-electron chi connectivity index (χ0n) is 17.9. The van der Waals surface area contributed by atoms with E-state index >= 15 is 0 Å². The molecule has 3 rings (SSSR count). The van der Waals surface area contributed by atoms with Crippen LogP contribution in [0.1, 0.15) is 32.1 Å². The summed E-state index contributed by atoms with van der Waals surface area (Å²) >= 11 is 0. The number of para-hydroxylation sites is 1. The summed E-state index contributed by atoms with van der Waals surface area (Å²) in [5.41, 5.74) is 0.726. The fraction of sp³-hybridized carbons (Fsp3) is 0.565. The number of hydrogen-bond acceptors (Lipinski definition) is 5. The molecule has 0 radical (unpaired) electrons. The zero-order valence-corrected chi connectivity index (χ0v) is 17.9. The van der Waals surface area contributed by atoms with Crippen LogP contribution < -0.4 is 4.90 Å². The Kier molecular flexibility index (Phi) is 8.42. The molecule has 0 N–H and O–H groups in total. The van der Waals surface area contributed by atoms with Crippen molar-refractivity contribution in [3.63, 3.8) is 0 Å². The lowest BCUT2D eigenvalue weighted by molar-refractivity contribution is -0.144. The second kappa shape index (κ2) is 11.5. The molecular weight excluding hydrogens is 396 g/mol. The van der Waals surface area contributed by atoms with Crippen molar-refractivity contribution in [2.45, 2.75) is 32.1 Å². The second-order valence-corrected chi connectivity index (χ2v) is 7.91. The summed E-state index contributed by atoms with van der Waals surface area (Å²) in [6.07, 6.45) is 1.99. The summed E-state index contributed by atoms with van der Waals surface area (Å²) in [6.45, 7) is 3.68. The number of piperidine rings is 1. The molecule has 3 amide bonds. The van der Waals surface area contributed by atoms with Crippen molar-refractivity contribution >= 4 is 23.4 Å². The molecule has 1 unspecified atom stereocenters. The lowest BCUT2D eigenvalue weighted by Gasteiger charge is -2.36. The number of likely N-dealkylation sites (tertiary alicyclic amines) is 1. The molecule has 8 heteroatoms. The molecule has 1 aromatic carbocycles. The Morgan fingerprint density at radius 3 is 2.52 bits per heavy atom. The Balaban J connectivity index is 1.53. The van der Waals surface area contributed by atoms with Gasteiger partial charge in [0.2, 0.25) is 17.7 Å². The maximum Gasteiger partial charge on any atom is 0.227 e. The zero-order chi connectivity index (χ0) is 22.1. The highest BCUT2D eigenvalue weighted by molar-refractivity contribution is 5.95. The minimum Gasteiger partial charge on any atom is -0.378 e. The number of hydrogen-bond donors (Lipinski definition) is 0. The van der Waals surface area contributed by atoms with Gasteiger partial charge in [0.1, 0.15) is 0 Å². The van der Waals surface area contributed by atoms with Crippen molar-refractivity contribution in [3.8, 4) is 6.07 Å². The SMILES string of the molecule is N#CCCN(C(=O)CCC(=O)N1CCCC(C(=O)N2CCOCC2)C1)c1ccccc1.